The molecule has 0 saturated carbocycles. The number of benzene rings is 1. The van der Waals surface area contributed by atoms with Crippen LogP contribution in [0.15, 0.2) is 30.2 Å². The quantitative estimate of drug-likeness (QED) is 0.892. The minimum Gasteiger partial charge on any atom is -0.494 e. The van der Waals surface area contributed by atoms with Gasteiger partial charge in [0, 0.05) is 11.8 Å². The average Bonchev–Trinajstić information content (AvgIpc) is 2.50. The molecule has 0 atom stereocenters. The Kier molecular flexibility index (Phi) is 4.70. The predicted molar refractivity (Wildman–Crippen MR) is 72.8 cm³/mol. The van der Waals surface area contributed by atoms with Gasteiger partial charge in [-0.2, -0.15) is 0 Å². The van der Waals surface area contributed by atoms with Gasteiger partial charge >= 0.3 is 0 Å². The highest BCUT2D eigenvalue weighted by Crippen LogP contribution is 2.30. The van der Waals surface area contributed by atoms with Crippen LogP contribution in [-0.4, -0.2) is 32.8 Å². The molecule has 0 unspecified atom stereocenters. The van der Waals surface area contributed by atoms with Crippen LogP contribution in [0.2, 0.25) is 0 Å². The first kappa shape index (κ1) is 14.0. The zero-order valence-corrected chi connectivity index (χ0v) is 11.5. The van der Waals surface area contributed by atoms with Gasteiger partial charge in [0.1, 0.15) is 19.5 Å². The summed E-state index contributed by atoms with van der Waals surface area (Å²) in [4.78, 5) is 11.9. The lowest BCUT2D eigenvalue weighted by molar-refractivity contribution is -0.117. The molecule has 108 valence electrons. The summed E-state index contributed by atoms with van der Waals surface area (Å²) < 4.78 is 20.9. The third-order valence-corrected chi connectivity index (χ3v) is 2.59. The number of amides is 1. The zero-order valence-electron chi connectivity index (χ0n) is 11.5. The molecule has 0 aliphatic carbocycles. The Labute approximate surface area is 117 Å². The molecule has 0 spiro atoms. The van der Waals surface area contributed by atoms with E-state index in [0.29, 0.717) is 37.0 Å². The summed E-state index contributed by atoms with van der Waals surface area (Å²) in [5, 5.41) is 2.71. The maximum atomic E-state index is 11.9. The maximum absolute atomic E-state index is 11.9. The van der Waals surface area contributed by atoms with Crippen molar-refractivity contribution in [1.82, 2.24) is 0 Å². The van der Waals surface area contributed by atoms with Gasteiger partial charge in [-0.05, 0) is 19.1 Å². The van der Waals surface area contributed by atoms with Crippen molar-refractivity contribution in [2.45, 2.75) is 6.92 Å². The van der Waals surface area contributed by atoms with E-state index in [4.69, 9.17) is 18.9 Å². The number of anilines is 1. The number of hydrogen-bond donors (Lipinski definition) is 1. The van der Waals surface area contributed by atoms with E-state index in [0.717, 1.165) is 0 Å². The van der Waals surface area contributed by atoms with Gasteiger partial charge in [0.15, 0.2) is 11.5 Å². The number of carbonyl (C=O) groups excluding carboxylic acids is 1. The molecule has 1 aliphatic rings. The number of nitrogens with one attached hydrogen (secondary N) is 1. The third-order valence-electron chi connectivity index (χ3n) is 2.59. The Morgan fingerprint density at radius 1 is 1.35 bits per heavy atom. The Balaban J connectivity index is 2.09. The van der Waals surface area contributed by atoms with E-state index in [9.17, 15) is 4.79 Å². The summed E-state index contributed by atoms with van der Waals surface area (Å²) in [6.45, 7) is 3.25. The van der Waals surface area contributed by atoms with Crippen LogP contribution >= 0.6 is 0 Å². The standard InChI is InChI=1S/C14H17NO5/c1-3-19-11-5-4-10(8-12(11)17-2)15-14(16)13-9-18-6-7-20-13/h4-5,8-9H,3,6-7H2,1-2H3,(H,15,16). The number of ether oxygens (including phenoxy) is 4. The highest BCUT2D eigenvalue weighted by Gasteiger charge is 2.16. The zero-order chi connectivity index (χ0) is 14.4. The lowest BCUT2D eigenvalue weighted by Crippen LogP contribution is -2.21. The SMILES string of the molecule is CCOc1ccc(NC(=O)C2=COCCO2)cc1OC. The molecular weight excluding hydrogens is 262 g/mol. The summed E-state index contributed by atoms with van der Waals surface area (Å²) in [6, 6.07) is 5.16. The highest BCUT2D eigenvalue weighted by molar-refractivity contribution is 6.02. The van der Waals surface area contributed by atoms with Crippen LogP contribution < -0.4 is 14.8 Å². The van der Waals surface area contributed by atoms with Crippen molar-refractivity contribution in [3.63, 3.8) is 0 Å². The van der Waals surface area contributed by atoms with Crippen molar-refractivity contribution in [3.8, 4) is 11.5 Å². The fraction of sp³-hybridized carbons (Fsp3) is 0.357. The Morgan fingerprint density at radius 3 is 2.85 bits per heavy atom. The molecule has 1 aromatic carbocycles. The third kappa shape index (κ3) is 3.34. The van der Waals surface area contributed by atoms with Crippen LogP contribution in [0.3, 0.4) is 0 Å². The van der Waals surface area contributed by atoms with Crippen LogP contribution in [0, 0.1) is 0 Å². The van der Waals surface area contributed by atoms with Crippen LogP contribution in [0.25, 0.3) is 0 Å². The molecule has 2 rings (SSSR count). The number of rotatable bonds is 5. The van der Waals surface area contributed by atoms with Crippen LogP contribution in [0.1, 0.15) is 6.92 Å². The Morgan fingerprint density at radius 2 is 2.20 bits per heavy atom. The summed E-state index contributed by atoms with van der Waals surface area (Å²) in [7, 11) is 1.55. The van der Waals surface area contributed by atoms with Crippen molar-refractivity contribution in [1.29, 1.82) is 0 Å². The van der Waals surface area contributed by atoms with E-state index < -0.39 is 0 Å². The van der Waals surface area contributed by atoms with Crippen molar-refractivity contribution >= 4 is 11.6 Å². The second-order valence-electron chi connectivity index (χ2n) is 3.95. The van der Waals surface area contributed by atoms with Crippen LogP contribution in [0.5, 0.6) is 11.5 Å². The van der Waals surface area contributed by atoms with Gasteiger partial charge in [0.05, 0.1) is 13.7 Å². The van der Waals surface area contributed by atoms with Gasteiger partial charge in [0.2, 0.25) is 5.76 Å². The van der Waals surface area contributed by atoms with E-state index >= 15 is 0 Å². The van der Waals surface area contributed by atoms with E-state index in [1.54, 1.807) is 25.3 Å². The summed E-state index contributed by atoms with van der Waals surface area (Å²) in [5.41, 5.74) is 0.588. The highest BCUT2D eigenvalue weighted by atomic mass is 16.6. The monoisotopic (exact) mass is 279 g/mol. The molecule has 0 aromatic heterocycles. The Bertz CT molecular complexity index is 512. The number of hydrogen-bond acceptors (Lipinski definition) is 5. The molecule has 20 heavy (non-hydrogen) atoms. The lowest BCUT2D eigenvalue weighted by atomic mass is 10.2. The van der Waals surface area contributed by atoms with E-state index in [-0.39, 0.29) is 11.7 Å². The van der Waals surface area contributed by atoms with E-state index in [1.807, 2.05) is 6.92 Å². The molecular formula is C14H17NO5. The van der Waals surface area contributed by atoms with Crippen molar-refractivity contribution in [2.75, 3.05) is 32.2 Å². The molecule has 1 amide bonds. The first-order valence-electron chi connectivity index (χ1n) is 6.31. The molecule has 6 nitrogen and oxygen atoms in total. The first-order chi connectivity index (χ1) is 9.74. The Hall–Kier alpha value is -2.37. The molecule has 1 N–H and O–H groups in total. The van der Waals surface area contributed by atoms with Crippen molar-refractivity contribution < 1.29 is 23.7 Å². The smallest absolute Gasteiger partial charge is 0.294 e. The maximum Gasteiger partial charge on any atom is 0.294 e. The van der Waals surface area contributed by atoms with Crippen molar-refractivity contribution in [3.05, 3.63) is 30.2 Å². The second kappa shape index (κ2) is 6.70. The first-order valence-corrected chi connectivity index (χ1v) is 6.31. The fourth-order valence-corrected chi connectivity index (χ4v) is 1.70. The van der Waals surface area contributed by atoms with Crippen molar-refractivity contribution in [2.24, 2.45) is 0 Å². The van der Waals surface area contributed by atoms with Gasteiger partial charge in [-0.3, -0.25) is 4.79 Å². The predicted octanol–water partition coefficient (Wildman–Crippen LogP) is 1.92. The normalized spacial score (nSPS) is 13.6. The average molecular weight is 279 g/mol. The van der Waals surface area contributed by atoms with Gasteiger partial charge < -0.3 is 24.3 Å². The minimum absolute atomic E-state index is 0.157. The molecule has 0 bridgehead atoms. The van der Waals surface area contributed by atoms with Gasteiger partial charge in [-0.1, -0.05) is 0 Å². The summed E-state index contributed by atoms with van der Waals surface area (Å²) in [5.74, 6) is 0.976. The second-order valence-corrected chi connectivity index (χ2v) is 3.95. The van der Waals surface area contributed by atoms with E-state index in [1.165, 1.54) is 6.26 Å². The molecule has 1 aliphatic heterocycles. The molecule has 1 heterocycles. The van der Waals surface area contributed by atoms with E-state index in [2.05, 4.69) is 5.32 Å². The molecule has 0 radical (unpaired) electrons. The topological polar surface area (TPSA) is 66.0 Å². The van der Waals surface area contributed by atoms with Gasteiger partial charge in [0.25, 0.3) is 5.91 Å². The van der Waals surface area contributed by atoms with Gasteiger partial charge in [-0.25, -0.2) is 0 Å². The number of carbonyl (C=O) groups is 1. The summed E-state index contributed by atoms with van der Waals surface area (Å²) in [6.07, 6.45) is 1.31. The largest absolute Gasteiger partial charge is 0.494 e. The molecule has 0 saturated heterocycles. The molecule has 0 fully saturated rings. The minimum atomic E-state index is -0.365. The summed E-state index contributed by atoms with van der Waals surface area (Å²) >= 11 is 0. The lowest BCUT2D eigenvalue weighted by Gasteiger charge is -2.16. The number of methoxy groups -OCH3 is 1. The van der Waals surface area contributed by atoms with Crippen LogP contribution in [0.4, 0.5) is 5.69 Å². The van der Waals surface area contributed by atoms with Gasteiger partial charge in [-0.15, -0.1) is 0 Å². The fourth-order valence-electron chi connectivity index (χ4n) is 1.70. The molecule has 6 heteroatoms. The molecule has 1 aromatic rings. The van der Waals surface area contributed by atoms with Crippen LogP contribution in [-0.2, 0) is 14.3 Å².